The molecule has 0 aromatic heterocycles. The summed E-state index contributed by atoms with van der Waals surface area (Å²) < 4.78 is 0. The van der Waals surface area contributed by atoms with Crippen molar-refractivity contribution < 1.29 is 24.6 Å². The van der Waals surface area contributed by atoms with E-state index in [9.17, 15) is 0 Å². The molecule has 0 rings (SSSR count). The molecule has 0 aliphatic rings. The van der Waals surface area contributed by atoms with Gasteiger partial charge in [0.2, 0.25) is 0 Å². The smallest absolute Gasteiger partial charge is 0.0563 e. The first-order valence-electron chi connectivity index (χ1n) is 2.43. The van der Waals surface area contributed by atoms with Crippen LogP contribution in [0.25, 0.3) is 0 Å². The van der Waals surface area contributed by atoms with Crippen LogP contribution in [0.3, 0.4) is 0 Å². The molecule has 1 nitrogen and oxygen atoms in total. The molecule has 0 unspecified atom stereocenters. The Morgan fingerprint density at radius 3 is 1.12 bits per heavy atom. The van der Waals surface area contributed by atoms with Gasteiger partial charge in [-0.25, -0.2) is 0 Å². The maximum atomic E-state index is 8.52. The average molecular weight is 169 g/mol. The molecule has 0 amide bonds. The Morgan fingerprint density at radius 1 is 1.12 bits per heavy atom. The zero-order chi connectivity index (χ0) is 6.50. The Kier molecular flexibility index (Phi) is 15.0. The Labute approximate surface area is 65.2 Å². The van der Waals surface area contributed by atoms with Crippen molar-refractivity contribution in [1.82, 2.24) is 0 Å². The maximum absolute atomic E-state index is 8.52. The van der Waals surface area contributed by atoms with Crippen molar-refractivity contribution in [1.29, 1.82) is 0 Å². The van der Waals surface area contributed by atoms with Crippen LogP contribution in [-0.2, 0) is 19.5 Å². The molecule has 8 heavy (non-hydrogen) atoms. The molecular weight excluding hydrogens is 153 g/mol. The van der Waals surface area contributed by atoms with Crippen molar-refractivity contribution in [3.05, 3.63) is 6.92 Å². The van der Waals surface area contributed by atoms with Crippen LogP contribution in [0.4, 0.5) is 0 Å². The predicted octanol–water partition coefficient (Wildman–Crippen LogP) is 1.62. The van der Waals surface area contributed by atoms with Crippen molar-refractivity contribution >= 4 is 0 Å². The number of hydrogen-bond donors (Lipinski definition) is 1. The van der Waals surface area contributed by atoms with Crippen LogP contribution in [0.1, 0.15) is 27.7 Å². The molecule has 2 heteroatoms. The largest absolute Gasteiger partial charge is 0.391 e. The van der Waals surface area contributed by atoms with Crippen molar-refractivity contribution in [3.8, 4) is 0 Å². The molecule has 0 saturated heterocycles. The fourth-order valence-electron chi connectivity index (χ4n) is 0. The van der Waals surface area contributed by atoms with Crippen LogP contribution in [0.15, 0.2) is 0 Å². The number of rotatable bonds is 0. The van der Waals surface area contributed by atoms with E-state index in [-0.39, 0.29) is 19.5 Å². The van der Waals surface area contributed by atoms with Gasteiger partial charge in [0.15, 0.2) is 0 Å². The predicted molar refractivity (Wildman–Crippen MR) is 33.0 cm³/mol. The summed E-state index contributed by atoms with van der Waals surface area (Å²) in [5.74, 6) is 0. The van der Waals surface area contributed by atoms with Gasteiger partial charge >= 0.3 is 0 Å². The quantitative estimate of drug-likeness (QED) is 0.431. The minimum atomic E-state index is -0.500. The fraction of sp³-hybridized carbons (Fsp3) is 0.833. The van der Waals surface area contributed by atoms with Crippen LogP contribution >= 0.6 is 0 Å². The summed E-state index contributed by atoms with van der Waals surface area (Å²) in [5.41, 5.74) is -0.500. The molecule has 0 bridgehead atoms. The van der Waals surface area contributed by atoms with Gasteiger partial charge in [-0.05, 0) is 20.8 Å². The van der Waals surface area contributed by atoms with Gasteiger partial charge in [-0.1, -0.05) is 0 Å². The molecule has 0 spiro atoms. The van der Waals surface area contributed by atoms with Gasteiger partial charge in [0.25, 0.3) is 0 Å². The van der Waals surface area contributed by atoms with Gasteiger partial charge in [0.05, 0.1) is 5.60 Å². The average Bonchev–Trinajstić information content (AvgIpc) is 1.36. The summed E-state index contributed by atoms with van der Waals surface area (Å²) in [6, 6.07) is 0. The minimum Gasteiger partial charge on any atom is -0.391 e. The van der Waals surface area contributed by atoms with Crippen LogP contribution in [0.2, 0.25) is 0 Å². The number of aliphatic hydroxyl groups is 1. The molecule has 0 radical (unpaired) electrons. The third kappa shape index (κ3) is 603. The Morgan fingerprint density at radius 2 is 1.12 bits per heavy atom. The molecule has 48 valence electrons. The van der Waals surface area contributed by atoms with E-state index in [0.717, 1.165) is 0 Å². The molecule has 0 aromatic rings. The summed E-state index contributed by atoms with van der Waals surface area (Å²) in [6.07, 6.45) is 0. The van der Waals surface area contributed by atoms with Crippen molar-refractivity contribution in [2.24, 2.45) is 0 Å². The van der Waals surface area contributed by atoms with Crippen molar-refractivity contribution in [2.45, 2.75) is 33.3 Å². The molecule has 0 heterocycles. The molecule has 0 aliphatic carbocycles. The van der Waals surface area contributed by atoms with Gasteiger partial charge in [-0.2, -0.15) is 6.92 Å². The third-order valence-electron chi connectivity index (χ3n) is 0. The van der Waals surface area contributed by atoms with Gasteiger partial charge < -0.3 is 12.0 Å². The number of hydrogen-bond acceptors (Lipinski definition) is 1. The van der Waals surface area contributed by atoms with E-state index >= 15 is 0 Å². The summed E-state index contributed by atoms with van der Waals surface area (Å²) in [4.78, 5) is 0. The second-order valence-electron chi connectivity index (χ2n) is 2.17. The molecule has 0 aromatic carbocycles. The second kappa shape index (κ2) is 7.58. The van der Waals surface area contributed by atoms with Crippen molar-refractivity contribution in [3.63, 3.8) is 0 Å². The van der Waals surface area contributed by atoms with E-state index < -0.39 is 5.60 Å². The Bertz CT molecular complexity index is 24.0. The van der Waals surface area contributed by atoms with Gasteiger partial charge in [-0.15, -0.1) is 0 Å². The SMILES string of the molecule is CC(C)(C)O.[CH2-]C.[Zn]. The summed E-state index contributed by atoms with van der Waals surface area (Å²) in [7, 11) is 0. The van der Waals surface area contributed by atoms with E-state index in [4.69, 9.17) is 5.11 Å². The molecule has 0 fully saturated rings. The van der Waals surface area contributed by atoms with Crippen molar-refractivity contribution in [2.75, 3.05) is 0 Å². The minimum absolute atomic E-state index is 0. The maximum Gasteiger partial charge on any atom is 0.0563 e. The first-order chi connectivity index (χ1) is 3.00. The molecule has 0 aliphatic heterocycles. The van der Waals surface area contributed by atoms with E-state index in [1.807, 2.05) is 0 Å². The third-order valence-corrected chi connectivity index (χ3v) is 0. The first kappa shape index (κ1) is 15.8. The van der Waals surface area contributed by atoms with E-state index in [0.29, 0.717) is 0 Å². The topological polar surface area (TPSA) is 20.2 Å². The van der Waals surface area contributed by atoms with Gasteiger partial charge in [0.1, 0.15) is 0 Å². The standard InChI is InChI=1S/C4H10O.C2H5.Zn/c1-4(2,3)5;1-2;/h5H,1-3H3;1H2,2H3;/q;-1;. The Hall–Kier alpha value is 0.583. The van der Waals surface area contributed by atoms with Crippen LogP contribution in [0, 0.1) is 6.92 Å². The zero-order valence-corrected chi connectivity index (χ0v) is 9.33. The Balaban J connectivity index is -0.0000000750. The van der Waals surface area contributed by atoms with Crippen LogP contribution in [-0.4, -0.2) is 10.7 Å². The molecular formula is C6H15OZn-. The summed E-state index contributed by atoms with van der Waals surface area (Å²) in [6.45, 7) is 10.2. The van der Waals surface area contributed by atoms with Gasteiger partial charge in [0, 0.05) is 19.5 Å². The van der Waals surface area contributed by atoms with Crippen LogP contribution in [0.5, 0.6) is 0 Å². The zero-order valence-electron chi connectivity index (χ0n) is 6.36. The van der Waals surface area contributed by atoms with E-state index in [1.54, 1.807) is 27.7 Å². The van der Waals surface area contributed by atoms with E-state index in [1.165, 1.54) is 0 Å². The second-order valence-corrected chi connectivity index (χ2v) is 2.17. The normalized spacial score (nSPS) is 8.25. The summed E-state index contributed by atoms with van der Waals surface area (Å²) in [5, 5.41) is 8.52. The van der Waals surface area contributed by atoms with E-state index in [2.05, 4.69) is 6.92 Å². The molecule has 0 atom stereocenters. The fourth-order valence-corrected chi connectivity index (χ4v) is 0. The summed E-state index contributed by atoms with van der Waals surface area (Å²) >= 11 is 0. The van der Waals surface area contributed by atoms with Crippen LogP contribution < -0.4 is 0 Å². The monoisotopic (exact) mass is 167 g/mol. The van der Waals surface area contributed by atoms with Gasteiger partial charge in [-0.3, -0.25) is 0 Å². The molecule has 1 N–H and O–H groups in total. The molecule has 0 saturated carbocycles. The first-order valence-corrected chi connectivity index (χ1v) is 2.43.